The molecule has 2 aliphatic rings. The van der Waals surface area contributed by atoms with Gasteiger partial charge in [-0.3, -0.25) is 14.9 Å². The molecule has 0 aromatic heterocycles. The monoisotopic (exact) mass is 456 g/mol. The Kier molecular flexibility index (Phi) is 5.86. The van der Waals surface area contributed by atoms with Gasteiger partial charge in [-0.25, -0.2) is 4.39 Å². The van der Waals surface area contributed by atoms with Gasteiger partial charge in [0.2, 0.25) is 0 Å². The van der Waals surface area contributed by atoms with Crippen molar-refractivity contribution in [1.29, 1.82) is 0 Å². The molecule has 3 aromatic carbocycles. The lowest BCUT2D eigenvalue weighted by atomic mass is 9.91. The predicted molar refractivity (Wildman–Crippen MR) is 132 cm³/mol. The topological polar surface area (TPSA) is 64.7 Å². The molecule has 2 amide bonds. The highest BCUT2D eigenvalue weighted by atomic mass is 19.1. The number of fused-ring (bicyclic) bond motifs is 1. The molecule has 0 saturated carbocycles. The number of likely N-dealkylation sites (N-methyl/N-ethyl adjacent to an activating group) is 1. The molecule has 0 spiro atoms. The number of hydrogen-bond acceptors (Lipinski definition) is 5. The van der Waals surface area contributed by atoms with Crippen LogP contribution in [0, 0.1) is 5.82 Å². The first-order chi connectivity index (χ1) is 16.5. The molecule has 1 fully saturated rings. The fourth-order valence-corrected chi connectivity index (χ4v) is 4.30. The van der Waals surface area contributed by atoms with E-state index in [1.54, 1.807) is 36.5 Å². The van der Waals surface area contributed by atoms with Gasteiger partial charge < -0.3 is 15.1 Å². The van der Waals surface area contributed by atoms with Crippen molar-refractivity contribution in [3.05, 3.63) is 89.9 Å². The van der Waals surface area contributed by atoms with Crippen LogP contribution in [0.4, 0.5) is 15.8 Å². The first-order valence-electron chi connectivity index (χ1n) is 11.2. The highest BCUT2D eigenvalue weighted by Crippen LogP contribution is 2.30. The zero-order valence-electron chi connectivity index (χ0n) is 18.8. The minimum atomic E-state index is -0.476. The number of imide groups is 1. The number of amides is 2. The lowest BCUT2D eigenvalue weighted by molar-refractivity contribution is -0.114. The SMILES string of the molecule is CN1CCN(c2ccc(N/C=C3\C(=O)NC(=O)c4ccc(-c5cccc(F)c5)cc43)cc2)CC1. The van der Waals surface area contributed by atoms with Crippen LogP contribution < -0.4 is 15.5 Å². The Bertz CT molecular complexity index is 1280. The summed E-state index contributed by atoms with van der Waals surface area (Å²) in [5.41, 5.74) is 4.65. The van der Waals surface area contributed by atoms with Crippen LogP contribution in [0.3, 0.4) is 0 Å². The number of hydrogen-bond donors (Lipinski definition) is 2. The van der Waals surface area contributed by atoms with Gasteiger partial charge in [-0.15, -0.1) is 0 Å². The van der Waals surface area contributed by atoms with Crippen molar-refractivity contribution in [3.63, 3.8) is 0 Å². The van der Waals surface area contributed by atoms with Gasteiger partial charge >= 0.3 is 0 Å². The van der Waals surface area contributed by atoms with Crippen molar-refractivity contribution >= 4 is 28.8 Å². The molecule has 7 heteroatoms. The predicted octanol–water partition coefficient (Wildman–Crippen LogP) is 3.97. The summed E-state index contributed by atoms with van der Waals surface area (Å²) in [6.45, 7) is 4.06. The third-order valence-corrected chi connectivity index (χ3v) is 6.30. The van der Waals surface area contributed by atoms with Crippen LogP contribution in [-0.4, -0.2) is 49.9 Å². The average molecular weight is 457 g/mol. The minimum absolute atomic E-state index is 0.344. The van der Waals surface area contributed by atoms with Crippen LogP contribution in [0.25, 0.3) is 16.7 Å². The van der Waals surface area contributed by atoms with Gasteiger partial charge in [0.15, 0.2) is 0 Å². The first kappa shape index (κ1) is 21.9. The van der Waals surface area contributed by atoms with Gasteiger partial charge in [0.25, 0.3) is 11.8 Å². The lowest BCUT2D eigenvalue weighted by Gasteiger charge is -2.34. The van der Waals surface area contributed by atoms with E-state index in [0.29, 0.717) is 22.3 Å². The largest absolute Gasteiger partial charge is 0.369 e. The second kappa shape index (κ2) is 9.11. The minimum Gasteiger partial charge on any atom is -0.369 e. The summed E-state index contributed by atoms with van der Waals surface area (Å²) >= 11 is 0. The average Bonchev–Trinajstić information content (AvgIpc) is 2.84. The van der Waals surface area contributed by atoms with E-state index in [1.165, 1.54) is 12.1 Å². The molecule has 0 bridgehead atoms. The molecule has 6 nitrogen and oxygen atoms in total. The standard InChI is InChI=1S/C27H25FN4O2/c1-31-11-13-32(14-12-31)22-8-6-21(7-9-22)29-17-25-24-16-19(18-3-2-4-20(28)15-18)5-10-23(24)26(33)30-27(25)34/h2-10,15-17,29H,11-14H2,1H3,(H,30,33,34)/b25-17-. The molecule has 2 N–H and O–H groups in total. The second-order valence-corrected chi connectivity index (χ2v) is 8.59. The number of carbonyl (C=O) groups excluding carboxylic acids is 2. The Hall–Kier alpha value is -3.97. The molecule has 2 heterocycles. The number of rotatable bonds is 4. The van der Waals surface area contributed by atoms with E-state index >= 15 is 0 Å². The van der Waals surface area contributed by atoms with Crippen molar-refractivity contribution in [2.45, 2.75) is 0 Å². The lowest BCUT2D eigenvalue weighted by Crippen LogP contribution is -2.44. The van der Waals surface area contributed by atoms with Crippen LogP contribution >= 0.6 is 0 Å². The molecule has 34 heavy (non-hydrogen) atoms. The van der Waals surface area contributed by atoms with E-state index in [-0.39, 0.29) is 5.82 Å². The first-order valence-corrected chi connectivity index (χ1v) is 11.2. The van der Waals surface area contributed by atoms with Crippen LogP contribution in [-0.2, 0) is 4.79 Å². The molecule has 0 atom stereocenters. The fraction of sp³-hybridized carbons (Fsp3) is 0.185. The van der Waals surface area contributed by atoms with E-state index in [9.17, 15) is 14.0 Å². The second-order valence-electron chi connectivity index (χ2n) is 8.59. The number of anilines is 2. The van der Waals surface area contributed by atoms with E-state index in [4.69, 9.17) is 0 Å². The highest BCUT2D eigenvalue weighted by molar-refractivity contribution is 6.31. The van der Waals surface area contributed by atoms with E-state index in [1.807, 2.05) is 12.1 Å². The Balaban J connectivity index is 1.41. The van der Waals surface area contributed by atoms with Crippen LogP contribution in [0.1, 0.15) is 15.9 Å². The van der Waals surface area contributed by atoms with Gasteiger partial charge in [-0.1, -0.05) is 18.2 Å². The molecule has 5 rings (SSSR count). The maximum absolute atomic E-state index is 13.7. The molecule has 0 radical (unpaired) electrons. The number of halogens is 1. The molecule has 3 aromatic rings. The van der Waals surface area contributed by atoms with Crippen molar-refractivity contribution in [3.8, 4) is 11.1 Å². The molecule has 2 aliphatic heterocycles. The Morgan fingerprint density at radius 3 is 2.32 bits per heavy atom. The molecule has 0 unspecified atom stereocenters. The summed E-state index contributed by atoms with van der Waals surface area (Å²) in [4.78, 5) is 29.7. The summed E-state index contributed by atoms with van der Waals surface area (Å²) in [6.07, 6.45) is 1.61. The zero-order chi connectivity index (χ0) is 23.7. The van der Waals surface area contributed by atoms with Gasteiger partial charge in [0.05, 0.1) is 5.57 Å². The highest BCUT2D eigenvalue weighted by Gasteiger charge is 2.27. The summed E-state index contributed by atoms with van der Waals surface area (Å²) < 4.78 is 13.7. The third kappa shape index (κ3) is 4.43. The molecule has 172 valence electrons. The summed E-state index contributed by atoms with van der Waals surface area (Å²) in [6, 6.07) is 19.5. The molecular formula is C27H25FN4O2. The van der Waals surface area contributed by atoms with Crippen LogP contribution in [0.2, 0.25) is 0 Å². The van der Waals surface area contributed by atoms with Gasteiger partial charge in [0, 0.05) is 54.9 Å². The van der Waals surface area contributed by atoms with Crippen molar-refractivity contribution in [1.82, 2.24) is 10.2 Å². The van der Waals surface area contributed by atoms with Gasteiger partial charge in [-0.05, 0) is 66.7 Å². The van der Waals surface area contributed by atoms with Crippen LogP contribution in [0.15, 0.2) is 72.9 Å². The smallest absolute Gasteiger partial charge is 0.260 e. The number of nitrogens with one attached hydrogen (secondary N) is 2. The van der Waals surface area contributed by atoms with E-state index < -0.39 is 11.8 Å². The summed E-state index contributed by atoms with van der Waals surface area (Å²) in [7, 11) is 2.13. The van der Waals surface area contributed by atoms with Gasteiger partial charge in [0.1, 0.15) is 5.82 Å². The maximum atomic E-state index is 13.7. The normalized spacial score (nSPS) is 17.5. The van der Waals surface area contributed by atoms with E-state index in [0.717, 1.165) is 43.1 Å². The quantitative estimate of drug-likeness (QED) is 0.460. The Morgan fingerprint density at radius 1 is 0.853 bits per heavy atom. The maximum Gasteiger partial charge on any atom is 0.260 e. The Labute approximate surface area is 197 Å². The van der Waals surface area contributed by atoms with Crippen molar-refractivity contribution < 1.29 is 14.0 Å². The van der Waals surface area contributed by atoms with E-state index in [2.05, 4.69) is 39.6 Å². The molecule has 1 saturated heterocycles. The molecule has 0 aliphatic carbocycles. The zero-order valence-corrected chi connectivity index (χ0v) is 18.8. The number of benzene rings is 3. The van der Waals surface area contributed by atoms with Gasteiger partial charge in [-0.2, -0.15) is 0 Å². The Morgan fingerprint density at radius 2 is 1.59 bits per heavy atom. The van der Waals surface area contributed by atoms with Crippen LogP contribution in [0.5, 0.6) is 0 Å². The summed E-state index contributed by atoms with van der Waals surface area (Å²) in [5, 5.41) is 5.57. The number of carbonyl (C=O) groups is 2. The number of piperazine rings is 1. The molecular weight excluding hydrogens is 431 g/mol. The summed E-state index contributed by atoms with van der Waals surface area (Å²) in [5.74, 6) is -1.27. The fourth-order valence-electron chi connectivity index (χ4n) is 4.30. The number of nitrogens with zero attached hydrogens (tertiary/aromatic N) is 2. The van der Waals surface area contributed by atoms with Crippen molar-refractivity contribution in [2.24, 2.45) is 0 Å². The van der Waals surface area contributed by atoms with Crippen molar-refractivity contribution in [2.75, 3.05) is 43.4 Å². The third-order valence-electron chi connectivity index (χ3n) is 6.30.